The van der Waals surface area contributed by atoms with Gasteiger partial charge in [-0.15, -0.1) is 6.42 Å². The zero-order chi connectivity index (χ0) is 13.1. The summed E-state index contributed by atoms with van der Waals surface area (Å²) in [4.78, 5) is 0. The zero-order valence-electron chi connectivity index (χ0n) is 10.8. The number of terminal acetylenes is 1. The van der Waals surface area contributed by atoms with E-state index in [1.807, 2.05) is 36.4 Å². The van der Waals surface area contributed by atoms with Crippen molar-refractivity contribution in [2.75, 3.05) is 0 Å². The van der Waals surface area contributed by atoms with Crippen molar-refractivity contribution >= 4 is 0 Å². The number of hydrogen-bond acceptors (Lipinski definition) is 1. The van der Waals surface area contributed by atoms with Gasteiger partial charge in [0.05, 0.1) is 5.41 Å². The molecule has 0 amide bonds. The van der Waals surface area contributed by atoms with Gasteiger partial charge in [0.15, 0.2) is 0 Å². The van der Waals surface area contributed by atoms with E-state index in [0.717, 1.165) is 24.2 Å². The van der Waals surface area contributed by atoms with Crippen LogP contribution < -0.4 is 4.74 Å². The molecule has 1 heteroatoms. The summed E-state index contributed by atoms with van der Waals surface area (Å²) in [5.74, 6) is 3.85. The van der Waals surface area contributed by atoms with Gasteiger partial charge in [-0.2, -0.15) is 0 Å². The third-order valence-corrected chi connectivity index (χ3v) is 3.67. The summed E-state index contributed by atoms with van der Waals surface area (Å²) in [6, 6.07) is 18.3. The van der Waals surface area contributed by atoms with E-state index >= 15 is 0 Å². The van der Waals surface area contributed by atoms with Gasteiger partial charge >= 0.3 is 0 Å². The van der Waals surface area contributed by atoms with Gasteiger partial charge in [-0.1, -0.05) is 54.5 Å². The van der Waals surface area contributed by atoms with Crippen LogP contribution in [0.2, 0.25) is 0 Å². The molecule has 0 heterocycles. The molecule has 0 N–H and O–H groups in total. The number of rotatable bonds is 4. The minimum atomic E-state index is -0.0761. The van der Waals surface area contributed by atoms with Crippen LogP contribution in [0.4, 0.5) is 0 Å². The number of ether oxygens (including phenoxy) is 1. The molecular formula is C18H16O. The van der Waals surface area contributed by atoms with E-state index in [4.69, 9.17) is 11.2 Å². The first-order valence-electron chi connectivity index (χ1n) is 6.58. The second-order valence-electron chi connectivity index (χ2n) is 5.00. The fourth-order valence-corrected chi connectivity index (χ4v) is 2.34. The molecule has 0 saturated heterocycles. The average Bonchev–Trinajstić information content (AvgIpc) is 3.28. The molecule has 0 atom stereocenters. The van der Waals surface area contributed by atoms with Gasteiger partial charge in [0.25, 0.3) is 0 Å². The van der Waals surface area contributed by atoms with E-state index in [1.165, 1.54) is 5.56 Å². The number of hydrogen-bond donors (Lipinski definition) is 0. The standard InChI is InChI=1S/C18H16O/c1-2-18(12-13-18)16-10-6-7-11-17(16)19-14-15-8-4-3-5-9-15/h1,3-11H,12-14H2. The van der Waals surface area contributed by atoms with Crippen molar-refractivity contribution in [2.24, 2.45) is 0 Å². The van der Waals surface area contributed by atoms with E-state index in [9.17, 15) is 0 Å². The highest BCUT2D eigenvalue weighted by molar-refractivity contribution is 5.49. The molecule has 1 nitrogen and oxygen atoms in total. The number of benzene rings is 2. The second kappa shape index (κ2) is 4.82. The largest absolute Gasteiger partial charge is 0.489 e. The Balaban J connectivity index is 1.81. The first kappa shape index (κ1) is 11.9. The van der Waals surface area contributed by atoms with Gasteiger partial charge in [-0.3, -0.25) is 0 Å². The van der Waals surface area contributed by atoms with Gasteiger partial charge in [-0.05, 0) is 24.5 Å². The van der Waals surface area contributed by atoms with Crippen molar-refractivity contribution in [3.8, 4) is 18.1 Å². The molecule has 1 aliphatic rings. The van der Waals surface area contributed by atoms with Gasteiger partial charge in [0.2, 0.25) is 0 Å². The van der Waals surface area contributed by atoms with Crippen LogP contribution in [0.1, 0.15) is 24.0 Å². The van der Waals surface area contributed by atoms with Gasteiger partial charge in [0.1, 0.15) is 12.4 Å². The van der Waals surface area contributed by atoms with Crippen molar-refractivity contribution in [3.05, 3.63) is 65.7 Å². The smallest absolute Gasteiger partial charge is 0.124 e. The van der Waals surface area contributed by atoms with Crippen LogP contribution in [-0.4, -0.2) is 0 Å². The molecule has 0 spiro atoms. The molecule has 2 aromatic rings. The van der Waals surface area contributed by atoms with E-state index in [-0.39, 0.29) is 5.41 Å². The molecular weight excluding hydrogens is 232 g/mol. The van der Waals surface area contributed by atoms with Gasteiger partial charge < -0.3 is 4.74 Å². The Morgan fingerprint density at radius 3 is 2.37 bits per heavy atom. The van der Waals surface area contributed by atoms with E-state index in [2.05, 4.69) is 24.1 Å². The first-order valence-corrected chi connectivity index (χ1v) is 6.58. The molecule has 0 radical (unpaired) electrons. The summed E-state index contributed by atoms with van der Waals surface area (Å²) in [5.41, 5.74) is 2.25. The predicted molar refractivity (Wildman–Crippen MR) is 77.0 cm³/mol. The highest BCUT2D eigenvalue weighted by Gasteiger charge is 2.44. The minimum absolute atomic E-state index is 0.0761. The molecule has 0 bridgehead atoms. The predicted octanol–water partition coefficient (Wildman–Crippen LogP) is 3.93. The van der Waals surface area contributed by atoms with Crippen LogP contribution in [0, 0.1) is 12.3 Å². The normalized spacial score (nSPS) is 15.5. The Kier molecular flexibility index (Phi) is 3.01. The molecule has 0 unspecified atom stereocenters. The van der Waals surface area contributed by atoms with Crippen molar-refractivity contribution in [2.45, 2.75) is 24.9 Å². The quantitative estimate of drug-likeness (QED) is 0.745. The fraction of sp³-hybridized carbons (Fsp3) is 0.222. The Morgan fingerprint density at radius 1 is 1.00 bits per heavy atom. The second-order valence-corrected chi connectivity index (χ2v) is 5.00. The monoisotopic (exact) mass is 248 g/mol. The molecule has 0 aliphatic heterocycles. The third-order valence-electron chi connectivity index (χ3n) is 3.67. The first-order chi connectivity index (χ1) is 9.34. The summed E-state index contributed by atoms with van der Waals surface area (Å²) >= 11 is 0. The van der Waals surface area contributed by atoms with Crippen LogP contribution in [-0.2, 0) is 12.0 Å². The van der Waals surface area contributed by atoms with Crippen LogP contribution in [0.25, 0.3) is 0 Å². The van der Waals surface area contributed by atoms with Gasteiger partial charge in [-0.25, -0.2) is 0 Å². The molecule has 0 aromatic heterocycles. The summed E-state index contributed by atoms with van der Waals surface area (Å²) in [7, 11) is 0. The van der Waals surface area contributed by atoms with Crippen LogP contribution >= 0.6 is 0 Å². The maximum Gasteiger partial charge on any atom is 0.124 e. The fourth-order valence-electron chi connectivity index (χ4n) is 2.34. The molecule has 3 rings (SSSR count). The lowest BCUT2D eigenvalue weighted by molar-refractivity contribution is 0.302. The Bertz CT molecular complexity index is 603. The summed E-state index contributed by atoms with van der Waals surface area (Å²) in [6.07, 6.45) is 7.80. The lowest BCUT2D eigenvalue weighted by Crippen LogP contribution is -2.06. The molecule has 19 heavy (non-hydrogen) atoms. The molecule has 1 fully saturated rings. The molecule has 94 valence electrons. The van der Waals surface area contributed by atoms with Crippen molar-refractivity contribution in [1.82, 2.24) is 0 Å². The summed E-state index contributed by atoms with van der Waals surface area (Å²) < 4.78 is 5.96. The molecule has 1 aliphatic carbocycles. The SMILES string of the molecule is C#CC1(c2ccccc2OCc2ccccc2)CC1. The topological polar surface area (TPSA) is 9.23 Å². The number of para-hydroxylation sites is 1. The van der Waals surface area contributed by atoms with E-state index in [1.54, 1.807) is 0 Å². The zero-order valence-corrected chi connectivity index (χ0v) is 10.8. The van der Waals surface area contributed by atoms with Crippen LogP contribution in [0.3, 0.4) is 0 Å². The summed E-state index contributed by atoms with van der Waals surface area (Å²) in [6.45, 7) is 0.582. The Labute approximate surface area is 114 Å². The van der Waals surface area contributed by atoms with Crippen LogP contribution in [0.5, 0.6) is 5.75 Å². The van der Waals surface area contributed by atoms with E-state index < -0.39 is 0 Å². The van der Waals surface area contributed by atoms with Gasteiger partial charge in [0, 0.05) is 5.56 Å². The average molecular weight is 248 g/mol. The van der Waals surface area contributed by atoms with Crippen LogP contribution in [0.15, 0.2) is 54.6 Å². The maximum absolute atomic E-state index is 5.96. The minimum Gasteiger partial charge on any atom is -0.489 e. The Morgan fingerprint density at radius 2 is 1.68 bits per heavy atom. The molecule has 1 saturated carbocycles. The lowest BCUT2D eigenvalue weighted by Gasteiger charge is -2.15. The van der Waals surface area contributed by atoms with Crippen molar-refractivity contribution in [3.63, 3.8) is 0 Å². The van der Waals surface area contributed by atoms with Crippen molar-refractivity contribution < 1.29 is 4.74 Å². The lowest BCUT2D eigenvalue weighted by atomic mass is 9.96. The third kappa shape index (κ3) is 2.35. The Hall–Kier alpha value is -2.20. The van der Waals surface area contributed by atoms with Crippen molar-refractivity contribution in [1.29, 1.82) is 0 Å². The van der Waals surface area contributed by atoms with E-state index in [0.29, 0.717) is 6.61 Å². The summed E-state index contributed by atoms with van der Waals surface area (Å²) in [5, 5.41) is 0. The maximum atomic E-state index is 5.96. The molecule has 2 aromatic carbocycles. The highest BCUT2D eigenvalue weighted by Crippen LogP contribution is 2.50. The highest BCUT2D eigenvalue weighted by atomic mass is 16.5.